The smallest absolute Gasteiger partial charge is 0.409 e. The van der Waals surface area contributed by atoms with E-state index in [0.29, 0.717) is 4.90 Å². The number of nitrogens with zero attached hydrogens (tertiary/aromatic N) is 2. The van der Waals surface area contributed by atoms with Crippen molar-refractivity contribution >= 4 is 23.2 Å². The summed E-state index contributed by atoms with van der Waals surface area (Å²) < 4.78 is 46.2. The molecule has 1 atom stereocenters. The third kappa shape index (κ3) is 3.91. The molecule has 1 heterocycles. The van der Waals surface area contributed by atoms with Gasteiger partial charge in [0.1, 0.15) is 17.9 Å². The first-order valence-corrected chi connectivity index (χ1v) is 8.21. The van der Waals surface area contributed by atoms with E-state index in [9.17, 15) is 22.8 Å². The van der Waals surface area contributed by atoms with Gasteiger partial charge in [-0.3, -0.25) is 14.5 Å². The Bertz CT molecular complexity index is 953. The Labute approximate surface area is 158 Å². The van der Waals surface area contributed by atoms with Gasteiger partial charge in [-0.05, 0) is 24.3 Å². The zero-order valence-corrected chi connectivity index (χ0v) is 14.4. The Kier molecular flexibility index (Phi) is 5.22. The second-order valence-electron chi connectivity index (χ2n) is 5.99. The molecule has 9 heteroatoms. The van der Waals surface area contributed by atoms with Gasteiger partial charge in [0.15, 0.2) is 6.61 Å². The van der Waals surface area contributed by atoms with E-state index in [2.05, 4.69) is 5.32 Å². The van der Waals surface area contributed by atoms with Gasteiger partial charge in [0.2, 0.25) is 5.91 Å². The Morgan fingerprint density at radius 1 is 1.21 bits per heavy atom. The van der Waals surface area contributed by atoms with Crippen molar-refractivity contribution in [2.75, 3.05) is 16.8 Å². The molecule has 1 unspecified atom stereocenters. The number of fused-ring (bicyclic) bond motifs is 1. The maximum atomic E-state index is 13.6. The number of rotatable bonds is 3. The molecule has 0 fully saturated rings. The Balaban J connectivity index is 1.94. The SMILES string of the molecule is N#Cc1ccccc1OCC(=O)N1c2ccccc2NC(=O)CC1C(F)(F)F. The molecule has 0 spiro atoms. The van der Waals surface area contributed by atoms with Crippen LogP contribution in [0.2, 0.25) is 0 Å². The second-order valence-corrected chi connectivity index (χ2v) is 5.99. The number of hydrogen-bond acceptors (Lipinski definition) is 4. The number of alkyl halides is 3. The molecule has 0 radical (unpaired) electrons. The van der Waals surface area contributed by atoms with Crippen molar-refractivity contribution in [1.29, 1.82) is 5.26 Å². The molecule has 1 N–H and O–H groups in total. The van der Waals surface area contributed by atoms with Gasteiger partial charge in [0.25, 0.3) is 5.91 Å². The quantitative estimate of drug-likeness (QED) is 0.874. The summed E-state index contributed by atoms with van der Waals surface area (Å²) in [5, 5.41) is 11.4. The van der Waals surface area contributed by atoms with Crippen LogP contribution >= 0.6 is 0 Å². The highest BCUT2D eigenvalue weighted by Crippen LogP contribution is 2.37. The molecule has 0 aliphatic carbocycles. The zero-order valence-electron chi connectivity index (χ0n) is 14.4. The molecule has 28 heavy (non-hydrogen) atoms. The highest BCUT2D eigenvalue weighted by atomic mass is 19.4. The van der Waals surface area contributed by atoms with Gasteiger partial charge in [0.05, 0.1) is 23.4 Å². The van der Waals surface area contributed by atoms with Crippen molar-refractivity contribution in [1.82, 2.24) is 0 Å². The van der Waals surface area contributed by atoms with Crippen LogP contribution in [0.5, 0.6) is 5.75 Å². The van der Waals surface area contributed by atoms with Gasteiger partial charge >= 0.3 is 6.18 Å². The third-order valence-electron chi connectivity index (χ3n) is 4.13. The zero-order chi connectivity index (χ0) is 20.3. The minimum atomic E-state index is -4.82. The number of anilines is 2. The minimum absolute atomic E-state index is 0.0714. The molecule has 6 nitrogen and oxygen atoms in total. The van der Waals surface area contributed by atoms with E-state index in [-0.39, 0.29) is 22.7 Å². The lowest BCUT2D eigenvalue weighted by Gasteiger charge is -2.31. The number of benzene rings is 2. The normalized spacial score (nSPS) is 16.4. The lowest BCUT2D eigenvalue weighted by Crippen LogP contribution is -2.51. The fourth-order valence-electron chi connectivity index (χ4n) is 2.89. The lowest BCUT2D eigenvalue weighted by atomic mass is 10.1. The Morgan fingerprint density at radius 2 is 1.89 bits per heavy atom. The van der Waals surface area contributed by atoms with Crippen LogP contribution in [0.3, 0.4) is 0 Å². The molecule has 2 aromatic carbocycles. The number of hydrogen-bond donors (Lipinski definition) is 1. The molecule has 2 aromatic rings. The third-order valence-corrected chi connectivity index (χ3v) is 4.13. The number of nitrogens with one attached hydrogen (secondary N) is 1. The Morgan fingerprint density at radius 3 is 2.61 bits per heavy atom. The summed E-state index contributed by atoms with van der Waals surface area (Å²) in [6.07, 6.45) is -5.76. The summed E-state index contributed by atoms with van der Waals surface area (Å²) in [5.74, 6) is -1.75. The van der Waals surface area contributed by atoms with Gasteiger partial charge < -0.3 is 10.1 Å². The molecule has 3 rings (SSSR count). The average Bonchev–Trinajstić information content (AvgIpc) is 2.82. The van der Waals surface area contributed by atoms with Crippen LogP contribution in [0, 0.1) is 11.3 Å². The summed E-state index contributed by atoms with van der Waals surface area (Å²) in [7, 11) is 0. The van der Waals surface area contributed by atoms with E-state index >= 15 is 0 Å². The topological polar surface area (TPSA) is 82.4 Å². The molecule has 144 valence electrons. The van der Waals surface area contributed by atoms with Crippen LogP contribution in [0.15, 0.2) is 48.5 Å². The van der Waals surface area contributed by atoms with Crippen LogP contribution in [-0.2, 0) is 9.59 Å². The van der Waals surface area contributed by atoms with Gasteiger partial charge in [-0.25, -0.2) is 0 Å². The van der Waals surface area contributed by atoms with E-state index in [0.717, 1.165) is 0 Å². The molecule has 0 saturated carbocycles. The predicted molar refractivity (Wildman–Crippen MR) is 93.7 cm³/mol. The van der Waals surface area contributed by atoms with Crippen LogP contribution in [0.1, 0.15) is 12.0 Å². The Hall–Kier alpha value is -3.54. The van der Waals surface area contributed by atoms with E-state index in [1.54, 1.807) is 12.1 Å². The average molecular weight is 389 g/mol. The van der Waals surface area contributed by atoms with E-state index in [1.807, 2.05) is 6.07 Å². The molecular formula is C19H14F3N3O3. The summed E-state index contributed by atoms with van der Waals surface area (Å²) in [5.41, 5.74) is 0.179. The lowest BCUT2D eigenvalue weighted by molar-refractivity contribution is -0.158. The van der Waals surface area contributed by atoms with Gasteiger partial charge in [0, 0.05) is 0 Å². The van der Waals surface area contributed by atoms with Crippen molar-refractivity contribution in [3.8, 4) is 11.8 Å². The first-order valence-electron chi connectivity index (χ1n) is 8.21. The first-order chi connectivity index (χ1) is 13.3. The monoisotopic (exact) mass is 389 g/mol. The number of carbonyl (C=O) groups is 2. The summed E-state index contributed by atoms with van der Waals surface area (Å²) in [4.78, 5) is 25.2. The van der Waals surface area contributed by atoms with Crippen molar-refractivity contribution < 1.29 is 27.5 Å². The maximum Gasteiger partial charge on any atom is 0.409 e. The van der Waals surface area contributed by atoms with E-state index in [1.165, 1.54) is 36.4 Å². The van der Waals surface area contributed by atoms with Gasteiger partial charge in [-0.15, -0.1) is 0 Å². The first kappa shape index (κ1) is 19.2. The van der Waals surface area contributed by atoms with Crippen LogP contribution in [0.4, 0.5) is 24.5 Å². The number of halogens is 3. The molecule has 1 aliphatic rings. The van der Waals surface area contributed by atoms with E-state index < -0.39 is 37.1 Å². The second kappa shape index (κ2) is 7.60. The van der Waals surface area contributed by atoms with Crippen LogP contribution < -0.4 is 15.0 Å². The fourth-order valence-corrected chi connectivity index (χ4v) is 2.89. The molecule has 0 bridgehead atoms. The molecule has 1 aliphatic heterocycles. The number of carbonyl (C=O) groups excluding carboxylic acids is 2. The minimum Gasteiger partial charge on any atom is -0.482 e. The highest BCUT2D eigenvalue weighted by Gasteiger charge is 2.49. The molecule has 0 aromatic heterocycles. The van der Waals surface area contributed by atoms with E-state index in [4.69, 9.17) is 10.00 Å². The van der Waals surface area contributed by atoms with Crippen LogP contribution in [-0.4, -0.2) is 30.6 Å². The van der Waals surface area contributed by atoms with Crippen molar-refractivity contribution in [2.24, 2.45) is 0 Å². The van der Waals surface area contributed by atoms with Crippen molar-refractivity contribution in [3.05, 3.63) is 54.1 Å². The number of ether oxygens (including phenoxy) is 1. The number of para-hydroxylation sites is 3. The van der Waals surface area contributed by atoms with Crippen molar-refractivity contribution in [3.63, 3.8) is 0 Å². The largest absolute Gasteiger partial charge is 0.482 e. The summed E-state index contributed by atoms with van der Waals surface area (Å²) in [6, 6.07) is 11.3. The summed E-state index contributed by atoms with van der Waals surface area (Å²) >= 11 is 0. The molecule has 2 amide bonds. The molecular weight excluding hydrogens is 375 g/mol. The fraction of sp³-hybridized carbons (Fsp3) is 0.211. The highest BCUT2D eigenvalue weighted by molar-refractivity contribution is 6.05. The maximum absolute atomic E-state index is 13.6. The van der Waals surface area contributed by atoms with Crippen molar-refractivity contribution in [2.45, 2.75) is 18.6 Å². The van der Waals surface area contributed by atoms with Gasteiger partial charge in [-0.2, -0.15) is 18.4 Å². The van der Waals surface area contributed by atoms with Crippen LogP contribution in [0.25, 0.3) is 0 Å². The number of nitriles is 1. The van der Waals surface area contributed by atoms with Gasteiger partial charge in [-0.1, -0.05) is 24.3 Å². The number of amides is 2. The summed E-state index contributed by atoms with van der Waals surface area (Å²) in [6.45, 7) is -0.728. The molecule has 0 saturated heterocycles. The standard InChI is InChI=1S/C19H14F3N3O3/c20-19(21,22)16-9-17(26)24-13-6-2-3-7-14(13)25(16)18(27)11-28-15-8-4-1-5-12(15)10-23/h1-8,16H,9,11H2,(H,24,26). The predicted octanol–water partition coefficient (Wildman–Crippen LogP) is 3.24.